The number of likely N-dealkylation sites (tertiary alicyclic amines) is 1. The molecule has 3 fully saturated rings. The number of ketones is 1. The summed E-state index contributed by atoms with van der Waals surface area (Å²) in [5.41, 5.74) is 1.44. The number of allylic oxidation sites excluding steroid dienone is 1. The van der Waals surface area contributed by atoms with Crippen LogP contribution in [0.15, 0.2) is 95.9 Å². The fourth-order valence-corrected chi connectivity index (χ4v) is 9.83. The molecule has 2 aromatic heterocycles. The van der Waals surface area contributed by atoms with E-state index in [9.17, 15) is 22.8 Å². The van der Waals surface area contributed by atoms with Crippen LogP contribution in [-0.4, -0.2) is 70.9 Å². The quantitative estimate of drug-likeness (QED) is 0.103. The third-order valence-electron chi connectivity index (χ3n) is 12.1. The number of hydrogen-bond donors (Lipinski definition) is 1. The molecular weight excluding hydrogens is 781 g/mol. The fraction of sp³-hybridized carbons (Fsp3) is 0.426. The first-order valence-electron chi connectivity index (χ1n) is 20.7. The summed E-state index contributed by atoms with van der Waals surface area (Å²) in [4.78, 5) is 54.8. The lowest BCUT2D eigenvalue weighted by atomic mass is 9.76. The van der Waals surface area contributed by atoms with E-state index in [0.29, 0.717) is 47.5 Å². The van der Waals surface area contributed by atoms with E-state index >= 15 is 0 Å². The second-order valence-electron chi connectivity index (χ2n) is 17.9. The van der Waals surface area contributed by atoms with Crippen LogP contribution in [0, 0.1) is 22.7 Å². The molecule has 5 aromatic rings. The number of furan rings is 1. The zero-order valence-corrected chi connectivity index (χ0v) is 35.5. The number of benzene rings is 3. The number of amides is 2. The minimum absolute atomic E-state index is 0.00479. The average Bonchev–Trinajstić information content (AvgIpc) is 4.12. The SMILES string of the molecule is C=C[C@@H]1C[C@]1(CC(=O)[C@@H]1C[C@@H](Oc2nc(-c3ccc(OC(C)C)cc3)nc3c2oc2ccccc23)CN1C(=O)[C@@H](Cc1ccccc1)C(C)(C)C)C(=O)NS(=O)(=O)C1CC1. The van der Waals surface area contributed by atoms with Gasteiger partial charge in [-0.05, 0) is 92.8 Å². The van der Waals surface area contributed by atoms with Crippen LogP contribution in [0.5, 0.6) is 11.6 Å². The number of carbonyl (C=O) groups excluding carboxylic acids is 3. The van der Waals surface area contributed by atoms with Crippen LogP contribution in [0.1, 0.15) is 72.3 Å². The highest BCUT2D eigenvalue weighted by molar-refractivity contribution is 7.90. The molecule has 0 radical (unpaired) electrons. The van der Waals surface area contributed by atoms with Crippen molar-refractivity contribution in [2.45, 2.75) is 96.6 Å². The van der Waals surface area contributed by atoms with Crippen LogP contribution in [0.4, 0.5) is 0 Å². The third kappa shape index (κ3) is 8.28. The topological polar surface area (TPSA) is 158 Å². The van der Waals surface area contributed by atoms with E-state index in [4.69, 9.17) is 23.9 Å². The van der Waals surface area contributed by atoms with Crippen molar-refractivity contribution in [2.24, 2.45) is 22.7 Å². The van der Waals surface area contributed by atoms with E-state index in [1.807, 2.05) is 113 Å². The van der Waals surface area contributed by atoms with Crippen molar-refractivity contribution in [1.82, 2.24) is 19.6 Å². The smallest absolute Gasteiger partial charge is 0.262 e. The molecule has 2 saturated carbocycles. The van der Waals surface area contributed by atoms with Gasteiger partial charge in [-0.15, -0.1) is 6.58 Å². The predicted octanol–water partition coefficient (Wildman–Crippen LogP) is 7.84. The molecule has 1 saturated heterocycles. The monoisotopic (exact) mass is 832 g/mol. The summed E-state index contributed by atoms with van der Waals surface area (Å²) in [5, 5.41) is 0.174. The summed E-state index contributed by atoms with van der Waals surface area (Å²) in [6, 6.07) is 23.8. The van der Waals surface area contributed by atoms with Gasteiger partial charge in [0.05, 0.1) is 29.4 Å². The van der Waals surface area contributed by atoms with Crippen LogP contribution in [0.25, 0.3) is 33.5 Å². The average molecular weight is 833 g/mol. The van der Waals surface area contributed by atoms with Gasteiger partial charge in [-0.1, -0.05) is 69.3 Å². The first-order valence-corrected chi connectivity index (χ1v) is 22.3. The maximum Gasteiger partial charge on any atom is 0.262 e. The Morgan fingerprint density at radius 2 is 1.70 bits per heavy atom. The van der Waals surface area contributed by atoms with Gasteiger partial charge in [0.15, 0.2) is 11.6 Å². The molecule has 3 aliphatic rings. The second kappa shape index (κ2) is 15.8. The van der Waals surface area contributed by atoms with Crippen molar-refractivity contribution in [3.05, 3.63) is 97.1 Å². The first kappa shape index (κ1) is 41.2. The van der Waals surface area contributed by atoms with E-state index in [2.05, 4.69) is 11.3 Å². The van der Waals surface area contributed by atoms with Crippen LogP contribution in [0.2, 0.25) is 0 Å². The van der Waals surface area contributed by atoms with E-state index in [-0.39, 0.29) is 55.4 Å². The summed E-state index contributed by atoms with van der Waals surface area (Å²) in [6.07, 6.45) is 2.49. The minimum atomic E-state index is -3.86. The van der Waals surface area contributed by atoms with E-state index in [0.717, 1.165) is 16.5 Å². The number of sulfonamides is 1. The Kier molecular flexibility index (Phi) is 10.8. The molecule has 12 nitrogen and oxygen atoms in total. The van der Waals surface area contributed by atoms with Gasteiger partial charge in [0.2, 0.25) is 27.4 Å². The molecule has 2 aliphatic carbocycles. The molecule has 0 bridgehead atoms. The van der Waals surface area contributed by atoms with Gasteiger partial charge in [-0.3, -0.25) is 19.1 Å². The van der Waals surface area contributed by atoms with Crippen LogP contribution in [-0.2, 0) is 30.8 Å². The lowest BCUT2D eigenvalue weighted by Gasteiger charge is -2.35. The molecule has 60 heavy (non-hydrogen) atoms. The van der Waals surface area contributed by atoms with Crippen LogP contribution < -0.4 is 14.2 Å². The Balaban J connectivity index is 1.14. The molecule has 3 heterocycles. The Morgan fingerprint density at radius 1 is 1.00 bits per heavy atom. The lowest BCUT2D eigenvalue weighted by Crippen LogP contribution is -2.48. The first-order chi connectivity index (χ1) is 28.6. The van der Waals surface area contributed by atoms with E-state index in [1.165, 1.54) is 0 Å². The lowest BCUT2D eigenvalue weighted by molar-refractivity contribution is -0.144. The number of nitrogens with one attached hydrogen (secondary N) is 1. The highest BCUT2D eigenvalue weighted by Crippen LogP contribution is 2.57. The van der Waals surface area contributed by atoms with Gasteiger partial charge in [0.1, 0.15) is 23.0 Å². The maximum absolute atomic E-state index is 15.0. The number of aromatic nitrogens is 2. The summed E-state index contributed by atoms with van der Waals surface area (Å²) in [7, 11) is -3.86. The van der Waals surface area contributed by atoms with Crippen molar-refractivity contribution in [2.75, 3.05) is 6.54 Å². The number of rotatable bonds is 15. The Bertz CT molecular complexity index is 2560. The summed E-state index contributed by atoms with van der Waals surface area (Å²) >= 11 is 0. The zero-order valence-electron chi connectivity index (χ0n) is 34.7. The highest BCUT2D eigenvalue weighted by Gasteiger charge is 2.61. The Morgan fingerprint density at radius 3 is 2.35 bits per heavy atom. The number of carbonyl (C=O) groups is 3. The fourth-order valence-electron chi connectivity index (χ4n) is 8.44. The number of hydrogen-bond acceptors (Lipinski definition) is 10. The van der Waals surface area contributed by atoms with Crippen molar-refractivity contribution >= 4 is 49.7 Å². The molecule has 2 amide bonds. The van der Waals surface area contributed by atoms with Gasteiger partial charge in [-0.2, -0.15) is 4.98 Å². The summed E-state index contributed by atoms with van der Waals surface area (Å²) < 4.78 is 46.9. The van der Waals surface area contributed by atoms with Gasteiger partial charge in [-0.25, -0.2) is 13.4 Å². The van der Waals surface area contributed by atoms with E-state index < -0.39 is 50.1 Å². The molecule has 0 spiro atoms. The molecule has 1 aliphatic heterocycles. The Labute approximate surface area is 350 Å². The van der Waals surface area contributed by atoms with Crippen molar-refractivity contribution < 1.29 is 36.7 Å². The Hall–Kier alpha value is -5.56. The summed E-state index contributed by atoms with van der Waals surface area (Å²) in [5.74, 6) is -0.862. The predicted molar refractivity (Wildman–Crippen MR) is 229 cm³/mol. The molecule has 13 heteroatoms. The number of ether oxygens (including phenoxy) is 2. The second-order valence-corrected chi connectivity index (χ2v) is 19.9. The van der Waals surface area contributed by atoms with Crippen LogP contribution >= 0.6 is 0 Å². The third-order valence-corrected chi connectivity index (χ3v) is 13.9. The molecule has 5 atom stereocenters. The van der Waals surface area contributed by atoms with Gasteiger partial charge < -0.3 is 18.8 Å². The maximum atomic E-state index is 15.0. The normalized spacial score (nSPS) is 22.2. The molecule has 0 unspecified atom stereocenters. The standard InChI is InChI=1S/C47H52N4O8S/c1-7-31-25-47(31,45(54)50-60(55,56)34-21-22-34)26-38(52)37-24-33(27-51(37)44(53)36(46(4,5)6)23-29-13-9-8-10-14-29)58-43-41-40(35-15-11-12-16-39(35)59-41)48-42(49-43)30-17-19-32(20-18-30)57-28(2)3/h7-20,28,31,33-34,36-37H,1,21-27H2,2-6H3,(H,50,54)/t31-,33-,36-,37+,47-/m1/s1. The molecule has 314 valence electrons. The number of para-hydroxylation sites is 1. The summed E-state index contributed by atoms with van der Waals surface area (Å²) in [6.45, 7) is 13.9. The van der Waals surface area contributed by atoms with Crippen molar-refractivity contribution in [3.63, 3.8) is 0 Å². The van der Waals surface area contributed by atoms with Gasteiger partial charge in [0.25, 0.3) is 5.88 Å². The van der Waals surface area contributed by atoms with Crippen molar-refractivity contribution in [3.8, 4) is 23.0 Å². The molecule has 3 aromatic carbocycles. The number of Topliss-reactive ketones (excluding diaryl/α,β-unsaturated/α-hetero) is 1. The van der Waals surface area contributed by atoms with E-state index in [1.54, 1.807) is 11.0 Å². The highest BCUT2D eigenvalue weighted by atomic mass is 32.2. The largest absolute Gasteiger partial charge is 0.491 e. The van der Waals surface area contributed by atoms with Crippen molar-refractivity contribution in [1.29, 1.82) is 0 Å². The van der Waals surface area contributed by atoms with Crippen LogP contribution in [0.3, 0.4) is 0 Å². The number of nitrogens with zero attached hydrogens (tertiary/aromatic N) is 3. The van der Waals surface area contributed by atoms with Gasteiger partial charge >= 0.3 is 0 Å². The molecular formula is C47H52N4O8S. The molecule has 1 N–H and O–H groups in total. The number of fused-ring (bicyclic) bond motifs is 3. The zero-order chi connectivity index (χ0) is 42.6. The minimum Gasteiger partial charge on any atom is -0.491 e. The molecule has 8 rings (SSSR count). The van der Waals surface area contributed by atoms with Gasteiger partial charge in [0, 0.05) is 29.7 Å².